The molecule has 96 valence electrons. The monoisotopic (exact) mass is 248 g/mol. The molecule has 0 amide bonds. The maximum absolute atomic E-state index is 11.0. The van der Waals surface area contributed by atoms with Gasteiger partial charge in [0.2, 0.25) is 0 Å². The van der Waals surface area contributed by atoms with Crippen molar-refractivity contribution in [2.45, 2.75) is 20.8 Å². The molecule has 2 aromatic rings. The van der Waals surface area contributed by atoms with Gasteiger partial charge in [-0.3, -0.25) is 0 Å². The Morgan fingerprint density at radius 1 is 1.39 bits per heavy atom. The number of aryl methyl sites for hydroxylation is 1. The molecule has 0 atom stereocenters. The Morgan fingerprint density at radius 3 is 2.61 bits per heavy atom. The van der Waals surface area contributed by atoms with E-state index in [-0.39, 0.29) is 5.69 Å². The number of anilines is 1. The lowest BCUT2D eigenvalue weighted by Gasteiger charge is -2.21. The van der Waals surface area contributed by atoms with Crippen molar-refractivity contribution >= 4 is 17.4 Å². The van der Waals surface area contributed by atoms with Crippen LogP contribution in [0.4, 0.5) is 5.82 Å². The van der Waals surface area contributed by atoms with Crippen molar-refractivity contribution in [3.8, 4) is 0 Å². The Kier molecular flexibility index (Phi) is 3.18. The maximum Gasteiger partial charge on any atom is 0.356 e. The molecule has 6 nitrogen and oxygen atoms in total. The van der Waals surface area contributed by atoms with E-state index >= 15 is 0 Å². The fourth-order valence-electron chi connectivity index (χ4n) is 1.96. The molecule has 0 unspecified atom stereocenters. The first-order valence-corrected chi connectivity index (χ1v) is 5.92. The van der Waals surface area contributed by atoms with Crippen LogP contribution in [-0.2, 0) is 0 Å². The maximum atomic E-state index is 11.0. The predicted molar refractivity (Wildman–Crippen MR) is 68.2 cm³/mol. The van der Waals surface area contributed by atoms with Crippen molar-refractivity contribution in [1.82, 2.24) is 14.6 Å². The molecule has 2 heterocycles. The lowest BCUT2D eigenvalue weighted by atomic mass is 10.3. The lowest BCUT2D eigenvalue weighted by Crippen LogP contribution is -2.25. The van der Waals surface area contributed by atoms with Crippen LogP contribution in [0.3, 0.4) is 0 Å². The molecule has 0 spiro atoms. The van der Waals surface area contributed by atoms with Gasteiger partial charge in [0.15, 0.2) is 11.3 Å². The molecule has 0 saturated carbocycles. The van der Waals surface area contributed by atoms with E-state index in [1.165, 1.54) is 6.07 Å². The summed E-state index contributed by atoms with van der Waals surface area (Å²) in [6, 6.07) is 3.40. The first-order chi connectivity index (χ1) is 8.56. The van der Waals surface area contributed by atoms with Gasteiger partial charge >= 0.3 is 5.97 Å². The third-order valence-electron chi connectivity index (χ3n) is 2.84. The van der Waals surface area contributed by atoms with Crippen molar-refractivity contribution in [2.24, 2.45) is 0 Å². The highest BCUT2D eigenvalue weighted by Crippen LogP contribution is 2.18. The quantitative estimate of drug-likeness (QED) is 0.889. The Bertz CT molecular complexity index is 587. The smallest absolute Gasteiger partial charge is 0.356 e. The number of carbonyl (C=O) groups is 1. The van der Waals surface area contributed by atoms with Crippen LogP contribution in [-0.4, -0.2) is 38.8 Å². The molecular weight excluding hydrogens is 232 g/mol. The van der Waals surface area contributed by atoms with Crippen LogP contribution in [0.2, 0.25) is 0 Å². The topological polar surface area (TPSA) is 70.7 Å². The standard InChI is InChI=1S/C12H16N4O2/c1-4-15(5-2)11-6-8(3)13-10-7-9(12(17)18)14-16(10)11/h6-7H,4-5H2,1-3H3,(H,17,18). The molecule has 0 bridgehead atoms. The lowest BCUT2D eigenvalue weighted by molar-refractivity contribution is 0.0690. The number of aromatic carboxylic acids is 1. The number of carboxylic acid groups (broad SMARTS) is 1. The summed E-state index contributed by atoms with van der Waals surface area (Å²) in [6.45, 7) is 7.65. The zero-order valence-corrected chi connectivity index (χ0v) is 10.7. The summed E-state index contributed by atoms with van der Waals surface area (Å²) in [5.74, 6) is -0.168. The minimum atomic E-state index is -1.04. The van der Waals surface area contributed by atoms with Crippen LogP contribution >= 0.6 is 0 Å². The normalized spacial score (nSPS) is 10.8. The van der Waals surface area contributed by atoms with Crippen LogP contribution in [0.15, 0.2) is 12.1 Å². The number of hydrogen-bond acceptors (Lipinski definition) is 4. The van der Waals surface area contributed by atoms with Gasteiger partial charge in [-0.15, -0.1) is 0 Å². The summed E-state index contributed by atoms with van der Waals surface area (Å²) in [6.07, 6.45) is 0. The number of fused-ring (bicyclic) bond motifs is 1. The number of rotatable bonds is 4. The van der Waals surface area contributed by atoms with E-state index in [2.05, 4.69) is 15.0 Å². The van der Waals surface area contributed by atoms with Crippen molar-refractivity contribution in [3.63, 3.8) is 0 Å². The van der Waals surface area contributed by atoms with Gasteiger partial charge < -0.3 is 10.0 Å². The van der Waals surface area contributed by atoms with Gasteiger partial charge in [-0.1, -0.05) is 0 Å². The molecule has 0 radical (unpaired) electrons. The number of hydrogen-bond donors (Lipinski definition) is 1. The van der Waals surface area contributed by atoms with E-state index in [1.54, 1.807) is 4.52 Å². The second kappa shape index (κ2) is 4.64. The Balaban J connectivity index is 2.67. The average Bonchev–Trinajstić information content (AvgIpc) is 2.74. The van der Waals surface area contributed by atoms with E-state index in [1.807, 2.05) is 26.8 Å². The third kappa shape index (κ3) is 2.01. The van der Waals surface area contributed by atoms with E-state index in [0.29, 0.717) is 5.65 Å². The van der Waals surface area contributed by atoms with Crippen molar-refractivity contribution < 1.29 is 9.90 Å². The van der Waals surface area contributed by atoms with Crippen molar-refractivity contribution in [1.29, 1.82) is 0 Å². The van der Waals surface area contributed by atoms with Crippen LogP contribution in [0.5, 0.6) is 0 Å². The molecule has 0 saturated heterocycles. The van der Waals surface area contributed by atoms with Crippen molar-refractivity contribution in [3.05, 3.63) is 23.5 Å². The molecule has 18 heavy (non-hydrogen) atoms. The predicted octanol–water partition coefficient (Wildman–Crippen LogP) is 1.58. The summed E-state index contributed by atoms with van der Waals surface area (Å²) < 4.78 is 1.59. The fourth-order valence-corrected chi connectivity index (χ4v) is 1.96. The number of carboxylic acids is 1. The van der Waals surface area contributed by atoms with Gasteiger partial charge in [0.1, 0.15) is 5.82 Å². The van der Waals surface area contributed by atoms with Gasteiger partial charge in [-0.25, -0.2) is 9.78 Å². The number of nitrogens with zero attached hydrogens (tertiary/aromatic N) is 4. The van der Waals surface area contributed by atoms with Crippen LogP contribution in [0.25, 0.3) is 5.65 Å². The van der Waals surface area contributed by atoms with Gasteiger partial charge in [0.25, 0.3) is 0 Å². The van der Waals surface area contributed by atoms with Crippen LogP contribution < -0.4 is 4.90 Å². The highest BCUT2D eigenvalue weighted by atomic mass is 16.4. The minimum Gasteiger partial charge on any atom is -0.476 e. The minimum absolute atomic E-state index is 0.0153. The molecule has 6 heteroatoms. The average molecular weight is 248 g/mol. The first kappa shape index (κ1) is 12.3. The second-order valence-electron chi connectivity index (χ2n) is 4.03. The van der Waals surface area contributed by atoms with Crippen LogP contribution in [0, 0.1) is 6.92 Å². The van der Waals surface area contributed by atoms with Crippen molar-refractivity contribution in [2.75, 3.05) is 18.0 Å². The summed E-state index contributed by atoms with van der Waals surface area (Å²) >= 11 is 0. The molecule has 2 rings (SSSR count). The highest BCUT2D eigenvalue weighted by molar-refractivity contribution is 5.86. The van der Waals surface area contributed by atoms with Gasteiger partial charge in [-0.2, -0.15) is 9.61 Å². The highest BCUT2D eigenvalue weighted by Gasteiger charge is 2.15. The second-order valence-corrected chi connectivity index (χ2v) is 4.03. The summed E-state index contributed by atoms with van der Waals surface area (Å²) in [7, 11) is 0. The first-order valence-electron chi connectivity index (χ1n) is 5.92. The molecule has 0 aliphatic heterocycles. The molecule has 1 N–H and O–H groups in total. The van der Waals surface area contributed by atoms with Gasteiger partial charge in [0, 0.05) is 30.9 Å². The number of aromatic nitrogens is 3. The van der Waals surface area contributed by atoms with E-state index in [9.17, 15) is 4.79 Å². The molecule has 0 fully saturated rings. The third-order valence-corrected chi connectivity index (χ3v) is 2.84. The zero-order valence-electron chi connectivity index (χ0n) is 10.7. The van der Waals surface area contributed by atoms with E-state index < -0.39 is 5.97 Å². The molecule has 0 aliphatic carbocycles. The Morgan fingerprint density at radius 2 is 2.06 bits per heavy atom. The van der Waals surface area contributed by atoms with Gasteiger partial charge in [0.05, 0.1) is 0 Å². The fraction of sp³-hybridized carbons (Fsp3) is 0.417. The summed E-state index contributed by atoms with van der Waals surface area (Å²) in [5.41, 5.74) is 1.43. The van der Waals surface area contributed by atoms with E-state index in [0.717, 1.165) is 24.6 Å². The Hall–Kier alpha value is -2.11. The zero-order chi connectivity index (χ0) is 13.3. The molecule has 0 aromatic carbocycles. The largest absolute Gasteiger partial charge is 0.476 e. The Labute approximate surface area is 105 Å². The van der Waals surface area contributed by atoms with Crippen LogP contribution in [0.1, 0.15) is 30.0 Å². The SMILES string of the molecule is CCN(CC)c1cc(C)nc2cc(C(=O)O)nn12. The van der Waals surface area contributed by atoms with E-state index in [4.69, 9.17) is 5.11 Å². The summed E-state index contributed by atoms with van der Waals surface area (Å²) in [4.78, 5) is 17.4. The molecule has 2 aromatic heterocycles. The van der Waals surface area contributed by atoms with Gasteiger partial charge in [-0.05, 0) is 20.8 Å². The summed E-state index contributed by atoms with van der Waals surface area (Å²) in [5, 5.41) is 13.1. The molecule has 0 aliphatic rings. The molecular formula is C12H16N4O2.